The number of piperidine rings is 1. The maximum Gasteiger partial charge on any atom is 0.0662 e. The molecule has 0 aromatic carbocycles. The molecule has 0 spiro atoms. The molecule has 0 bridgehead atoms. The Balaban J connectivity index is 2.10. The summed E-state index contributed by atoms with van der Waals surface area (Å²) in [7, 11) is 2.20. The van der Waals surface area contributed by atoms with Crippen LogP contribution in [0.4, 0.5) is 0 Å². The van der Waals surface area contributed by atoms with Gasteiger partial charge >= 0.3 is 0 Å². The van der Waals surface area contributed by atoms with Gasteiger partial charge in [-0.15, -0.1) is 0 Å². The predicted octanol–water partition coefficient (Wildman–Crippen LogP) is 0.831. The van der Waals surface area contributed by atoms with Gasteiger partial charge in [-0.1, -0.05) is 13.3 Å². The van der Waals surface area contributed by atoms with E-state index in [4.69, 9.17) is 0 Å². The van der Waals surface area contributed by atoms with Crippen LogP contribution in [0.5, 0.6) is 0 Å². The molecule has 0 saturated carbocycles. The molecule has 84 valence electrons. The Morgan fingerprint density at radius 2 is 2.29 bits per heavy atom. The maximum absolute atomic E-state index is 9.38. The summed E-state index contributed by atoms with van der Waals surface area (Å²) in [6.45, 7) is 5.00. The Morgan fingerprint density at radius 1 is 1.50 bits per heavy atom. The molecule has 0 amide bonds. The van der Waals surface area contributed by atoms with E-state index < -0.39 is 0 Å². The monoisotopic (exact) mass is 200 g/mol. The van der Waals surface area contributed by atoms with Gasteiger partial charge in [-0.25, -0.2) is 0 Å². The number of aliphatic hydroxyl groups excluding tert-OH is 1. The highest BCUT2D eigenvalue weighted by Gasteiger charge is 2.18. The third-order valence-electron chi connectivity index (χ3n) is 3.15. The van der Waals surface area contributed by atoms with Gasteiger partial charge < -0.3 is 15.3 Å². The van der Waals surface area contributed by atoms with Crippen LogP contribution in [0.3, 0.4) is 0 Å². The molecule has 0 aromatic heterocycles. The molecule has 2 N–H and O–H groups in total. The van der Waals surface area contributed by atoms with E-state index in [1.165, 1.54) is 25.8 Å². The zero-order chi connectivity index (χ0) is 10.4. The van der Waals surface area contributed by atoms with Gasteiger partial charge in [0, 0.05) is 19.1 Å². The lowest BCUT2D eigenvalue weighted by atomic mass is 10.0. The van der Waals surface area contributed by atoms with Crippen LogP contribution in [0.1, 0.15) is 32.6 Å². The molecule has 2 unspecified atom stereocenters. The zero-order valence-corrected chi connectivity index (χ0v) is 9.50. The molecule has 1 rings (SSSR count). The quantitative estimate of drug-likeness (QED) is 0.690. The molecule has 2 atom stereocenters. The first-order valence-corrected chi connectivity index (χ1v) is 5.83. The van der Waals surface area contributed by atoms with E-state index in [-0.39, 0.29) is 6.10 Å². The van der Waals surface area contributed by atoms with Gasteiger partial charge in [-0.3, -0.25) is 0 Å². The lowest BCUT2D eigenvalue weighted by Crippen LogP contribution is -2.44. The van der Waals surface area contributed by atoms with Crippen molar-refractivity contribution in [2.24, 2.45) is 0 Å². The molecular weight excluding hydrogens is 176 g/mol. The summed E-state index contributed by atoms with van der Waals surface area (Å²) in [5, 5.41) is 12.7. The van der Waals surface area contributed by atoms with Gasteiger partial charge in [0.1, 0.15) is 0 Å². The number of hydrogen-bond acceptors (Lipinski definition) is 3. The van der Waals surface area contributed by atoms with Crippen LogP contribution in [-0.4, -0.2) is 48.8 Å². The molecule has 0 radical (unpaired) electrons. The van der Waals surface area contributed by atoms with E-state index in [9.17, 15) is 5.11 Å². The number of hydrogen-bond donors (Lipinski definition) is 2. The summed E-state index contributed by atoms with van der Waals surface area (Å²) in [6.07, 6.45) is 4.65. The van der Waals surface area contributed by atoms with E-state index in [1.54, 1.807) is 0 Å². The van der Waals surface area contributed by atoms with Crippen molar-refractivity contribution < 1.29 is 5.11 Å². The third kappa shape index (κ3) is 3.95. The Labute approximate surface area is 87.5 Å². The van der Waals surface area contributed by atoms with Crippen molar-refractivity contribution in [3.05, 3.63) is 0 Å². The maximum atomic E-state index is 9.38. The molecular formula is C11H24N2O. The fourth-order valence-corrected chi connectivity index (χ4v) is 1.96. The van der Waals surface area contributed by atoms with Crippen molar-refractivity contribution in [1.82, 2.24) is 10.2 Å². The third-order valence-corrected chi connectivity index (χ3v) is 3.15. The van der Waals surface area contributed by atoms with Crippen LogP contribution in [0.25, 0.3) is 0 Å². The van der Waals surface area contributed by atoms with Crippen molar-refractivity contribution in [3.63, 3.8) is 0 Å². The molecule has 1 heterocycles. The standard InChI is InChI=1S/C11H24N2O/c1-3-11(14)9-12-8-10-6-4-5-7-13(10)2/h10-12,14H,3-9H2,1-2H3. The van der Waals surface area contributed by atoms with E-state index in [0.717, 1.165) is 19.5 Å². The van der Waals surface area contributed by atoms with Crippen molar-refractivity contribution in [2.75, 3.05) is 26.7 Å². The highest BCUT2D eigenvalue weighted by molar-refractivity contribution is 4.76. The Kier molecular flexibility index (Phi) is 5.45. The van der Waals surface area contributed by atoms with Crippen LogP contribution < -0.4 is 5.32 Å². The van der Waals surface area contributed by atoms with Crippen LogP contribution >= 0.6 is 0 Å². The molecule has 1 aliphatic heterocycles. The van der Waals surface area contributed by atoms with Crippen molar-refractivity contribution in [3.8, 4) is 0 Å². The van der Waals surface area contributed by atoms with Crippen molar-refractivity contribution >= 4 is 0 Å². The Bertz CT molecular complexity index is 152. The normalized spacial score (nSPS) is 26.4. The Hall–Kier alpha value is -0.120. The summed E-state index contributed by atoms with van der Waals surface area (Å²) < 4.78 is 0. The smallest absolute Gasteiger partial charge is 0.0662 e. The van der Waals surface area contributed by atoms with Crippen molar-refractivity contribution in [2.45, 2.75) is 44.8 Å². The molecule has 1 fully saturated rings. The molecule has 0 aromatic rings. The van der Waals surface area contributed by atoms with Gasteiger partial charge in [-0.2, -0.15) is 0 Å². The molecule has 14 heavy (non-hydrogen) atoms. The SMILES string of the molecule is CCC(O)CNCC1CCCCN1C. The van der Waals surface area contributed by atoms with Crippen molar-refractivity contribution in [1.29, 1.82) is 0 Å². The van der Waals surface area contributed by atoms with Crippen LogP contribution in [0.2, 0.25) is 0 Å². The predicted molar refractivity (Wildman–Crippen MR) is 59.4 cm³/mol. The lowest BCUT2D eigenvalue weighted by Gasteiger charge is -2.32. The number of likely N-dealkylation sites (tertiary alicyclic amines) is 1. The average Bonchev–Trinajstić information content (AvgIpc) is 2.20. The summed E-state index contributed by atoms with van der Waals surface area (Å²) >= 11 is 0. The number of likely N-dealkylation sites (N-methyl/N-ethyl adjacent to an activating group) is 1. The largest absolute Gasteiger partial charge is 0.392 e. The minimum absolute atomic E-state index is 0.177. The zero-order valence-electron chi connectivity index (χ0n) is 9.50. The average molecular weight is 200 g/mol. The molecule has 1 aliphatic rings. The molecule has 0 aliphatic carbocycles. The molecule has 3 heteroatoms. The van der Waals surface area contributed by atoms with Crippen LogP contribution in [0.15, 0.2) is 0 Å². The molecule has 3 nitrogen and oxygen atoms in total. The molecule has 1 saturated heterocycles. The number of rotatable bonds is 5. The van der Waals surface area contributed by atoms with Gasteiger partial charge in [0.05, 0.1) is 6.10 Å². The first-order chi connectivity index (χ1) is 6.74. The Morgan fingerprint density at radius 3 is 2.93 bits per heavy atom. The van der Waals surface area contributed by atoms with Gasteiger partial charge in [-0.05, 0) is 32.9 Å². The van der Waals surface area contributed by atoms with Gasteiger partial charge in [0.15, 0.2) is 0 Å². The second kappa shape index (κ2) is 6.38. The second-order valence-electron chi connectivity index (χ2n) is 4.35. The van der Waals surface area contributed by atoms with E-state index >= 15 is 0 Å². The number of nitrogens with one attached hydrogen (secondary N) is 1. The summed E-state index contributed by atoms with van der Waals surface area (Å²) in [5.41, 5.74) is 0. The highest BCUT2D eigenvalue weighted by Crippen LogP contribution is 2.13. The summed E-state index contributed by atoms with van der Waals surface area (Å²) in [5.74, 6) is 0. The fraction of sp³-hybridized carbons (Fsp3) is 1.00. The topological polar surface area (TPSA) is 35.5 Å². The van der Waals surface area contributed by atoms with Crippen LogP contribution in [-0.2, 0) is 0 Å². The summed E-state index contributed by atoms with van der Waals surface area (Å²) in [4.78, 5) is 2.43. The van der Waals surface area contributed by atoms with Crippen LogP contribution in [0, 0.1) is 0 Å². The fourth-order valence-electron chi connectivity index (χ4n) is 1.96. The van der Waals surface area contributed by atoms with E-state index in [0.29, 0.717) is 6.04 Å². The first kappa shape index (κ1) is 12.0. The first-order valence-electron chi connectivity index (χ1n) is 5.83. The van der Waals surface area contributed by atoms with E-state index in [2.05, 4.69) is 17.3 Å². The van der Waals surface area contributed by atoms with E-state index in [1.807, 2.05) is 6.92 Å². The van der Waals surface area contributed by atoms with Gasteiger partial charge in [0.25, 0.3) is 0 Å². The number of aliphatic hydroxyl groups is 1. The summed E-state index contributed by atoms with van der Waals surface area (Å²) in [6, 6.07) is 0.674. The highest BCUT2D eigenvalue weighted by atomic mass is 16.3. The minimum Gasteiger partial charge on any atom is -0.392 e. The number of nitrogens with zero attached hydrogens (tertiary/aromatic N) is 1. The van der Waals surface area contributed by atoms with Gasteiger partial charge in [0.2, 0.25) is 0 Å². The minimum atomic E-state index is -0.177. The lowest BCUT2D eigenvalue weighted by molar-refractivity contribution is 0.149. The second-order valence-corrected chi connectivity index (χ2v) is 4.35.